The van der Waals surface area contributed by atoms with E-state index in [0.717, 1.165) is 27.5 Å². The number of benzene rings is 2. The van der Waals surface area contributed by atoms with Gasteiger partial charge in [0, 0.05) is 11.4 Å². The van der Waals surface area contributed by atoms with Crippen molar-refractivity contribution in [2.24, 2.45) is 0 Å². The average molecular weight is 349 g/mol. The van der Waals surface area contributed by atoms with Crippen LogP contribution in [0, 0.1) is 13.8 Å². The maximum Gasteiger partial charge on any atom is 0.303 e. The van der Waals surface area contributed by atoms with Crippen LogP contribution in [0.5, 0.6) is 11.5 Å². The summed E-state index contributed by atoms with van der Waals surface area (Å²) in [5.74, 6) is 0.682. The van der Waals surface area contributed by atoms with E-state index >= 15 is 0 Å². The number of carbonyl (C=O) groups is 1. The van der Waals surface area contributed by atoms with Crippen LogP contribution in [-0.4, -0.2) is 24.3 Å². The lowest BCUT2D eigenvalue weighted by Gasteiger charge is -2.11. The van der Waals surface area contributed by atoms with Gasteiger partial charge in [0.2, 0.25) is 0 Å². The van der Waals surface area contributed by atoms with Crippen molar-refractivity contribution in [3.05, 3.63) is 58.1 Å². The van der Waals surface area contributed by atoms with E-state index in [1.165, 1.54) is 0 Å². The van der Waals surface area contributed by atoms with Crippen LogP contribution in [0.15, 0.2) is 36.4 Å². The molecule has 0 aromatic heterocycles. The Balaban J connectivity index is 1.82. The van der Waals surface area contributed by atoms with Crippen molar-refractivity contribution >= 4 is 17.6 Å². The van der Waals surface area contributed by atoms with Gasteiger partial charge in [-0.25, -0.2) is 0 Å². The quantitative estimate of drug-likeness (QED) is 0.717. The van der Waals surface area contributed by atoms with Crippen molar-refractivity contribution in [3.8, 4) is 11.5 Å². The third-order valence-corrected chi connectivity index (χ3v) is 4.15. The maximum atomic E-state index is 10.6. The third-order valence-electron chi connectivity index (χ3n) is 3.56. The van der Waals surface area contributed by atoms with Gasteiger partial charge < -0.3 is 14.6 Å². The van der Waals surface area contributed by atoms with Gasteiger partial charge in [-0.1, -0.05) is 23.7 Å². The molecule has 0 atom stereocenters. The highest BCUT2D eigenvalue weighted by Crippen LogP contribution is 2.25. The molecule has 0 fully saturated rings. The molecular formula is C19H21ClO4. The summed E-state index contributed by atoms with van der Waals surface area (Å²) in [7, 11) is 0. The second-order valence-corrected chi connectivity index (χ2v) is 5.99. The van der Waals surface area contributed by atoms with Crippen LogP contribution in [0.2, 0.25) is 5.02 Å². The van der Waals surface area contributed by atoms with Crippen molar-refractivity contribution < 1.29 is 19.4 Å². The van der Waals surface area contributed by atoms with Crippen LogP contribution in [0.25, 0.3) is 0 Å². The van der Waals surface area contributed by atoms with Crippen LogP contribution >= 0.6 is 11.6 Å². The minimum atomic E-state index is -0.803. The predicted molar refractivity (Wildman–Crippen MR) is 94.3 cm³/mol. The number of aliphatic carboxylic acids is 1. The number of hydrogen-bond acceptors (Lipinski definition) is 3. The lowest BCUT2D eigenvalue weighted by molar-refractivity contribution is -0.136. The van der Waals surface area contributed by atoms with Crippen molar-refractivity contribution in [1.29, 1.82) is 0 Å². The molecule has 0 heterocycles. The highest BCUT2D eigenvalue weighted by molar-refractivity contribution is 6.32. The zero-order valence-electron chi connectivity index (χ0n) is 13.8. The van der Waals surface area contributed by atoms with E-state index in [4.69, 9.17) is 26.2 Å². The lowest BCUT2D eigenvalue weighted by Crippen LogP contribution is -2.09. The fourth-order valence-corrected chi connectivity index (χ4v) is 2.46. The standard InChI is InChI=1S/C19H21ClO4/c1-13-10-17(11-14(2)19(13)20)24-9-8-23-16-5-3-4-15(12-16)6-7-18(21)22/h3-5,10-12H,6-9H2,1-2H3,(H,21,22). The summed E-state index contributed by atoms with van der Waals surface area (Å²) in [6.45, 7) is 4.71. The van der Waals surface area contributed by atoms with Gasteiger partial charge in [0.05, 0.1) is 0 Å². The number of ether oxygens (including phenoxy) is 2. The van der Waals surface area contributed by atoms with Gasteiger partial charge in [-0.2, -0.15) is 0 Å². The molecule has 2 aromatic rings. The average Bonchev–Trinajstić information content (AvgIpc) is 2.55. The molecule has 0 saturated carbocycles. The number of carboxylic acid groups (broad SMARTS) is 1. The van der Waals surface area contributed by atoms with E-state index in [2.05, 4.69) is 0 Å². The summed E-state index contributed by atoms with van der Waals surface area (Å²) in [6, 6.07) is 11.3. The largest absolute Gasteiger partial charge is 0.490 e. The minimum absolute atomic E-state index is 0.113. The molecule has 1 N–H and O–H groups in total. The molecule has 4 nitrogen and oxygen atoms in total. The van der Waals surface area contributed by atoms with Crippen molar-refractivity contribution in [2.75, 3.05) is 13.2 Å². The Hall–Kier alpha value is -2.20. The van der Waals surface area contributed by atoms with Crippen molar-refractivity contribution in [2.45, 2.75) is 26.7 Å². The molecule has 0 aliphatic heterocycles. The van der Waals surface area contributed by atoms with Crippen molar-refractivity contribution in [1.82, 2.24) is 0 Å². The third kappa shape index (κ3) is 5.46. The van der Waals surface area contributed by atoms with Gasteiger partial charge in [0.15, 0.2) is 0 Å². The second-order valence-electron chi connectivity index (χ2n) is 5.61. The lowest BCUT2D eigenvalue weighted by atomic mass is 10.1. The molecule has 5 heteroatoms. The maximum absolute atomic E-state index is 10.6. The number of carboxylic acids is 1. The van der Waals surface area contributed by atoms with Crippen molar-refractivity contribution in [3.63, 3.8) is 0 Å². The van der Waals surface area contributed by atoms with Crippen LogP contribution in [-0.2, 0) is 11.2 Å². The summed E-state index contributed by atoms with van der Waals surface area (Å²) >= 11 is 6.13. The zero-order chi connectivity index (χ0) is 17.5. The molecule has 2 aromatic carbocycles. The molecule has 24 heavy (non-hydrogen) atoms. The van der Waals surface area contributed by atoms with E-state index in [-0.39, 0.29) is 6.42 Å². The monoisotopic (exact) mass is 348 g/mol. The van der Waals surface area contributed by atoms with Gasteiger partial charge in [-0.15, -0.1) is 0 Å². The van der Waals surface area contributed by atoms with E-state index in [1.54, 1.807) is 0 Å². The fourth-order valence-electron chi connectivity index (χ4n) is 2.35. The molecule has 0 spiro atoms. The Morgan fingerprint density at radius 3 is 2.29 bits per heavy atom. The van der Waals surface area contributed by atoms with Crippen LogP contribution in [0.4, 0.5) is 0 Å². The Kier molecular flexibility index (Phi) is 6.50. The normalized spacial score (nSPS) is 10.5. The highest BCUT2D eigenvalue weighted by Gasteiger charge is 2.04. The topological polar surface area (TPSA) is 55.8 Å². The Labute approximate surface area is 147 Å². The first-order chi connectivity index (χ1) is 11.5. The first-order valence-electron chi connectivity index (χ1n) is 7.79. The van der Waals surface area contributed by atoms with Crippen LogP contribution < -0.4 is 9.47 Å². The molecule has 0 aliphatic rings. The number of rotatable bonds is 8. The summed E-state index contributed by atoms with van der Waals surface area (Å²) in [5, 5.41) is 9.49. The zero-order valence-corrected chi connectivity index (χ0v) is 14.6. The van der Waals surface area contributed by atoms with Crippen LogP contribution in [0.1, 0.15) is 23.1 Å². The number of halogens is 1. The van der Waals surface area contributed by atoms with Crippen LogP contribution in [0.3, 0.4) is 0 Å². The van der Waals surface area contributed by atoms with Gasteiger partial charge in [-0.05, 0) is 61.2 Å². The molecule has 0 radical (unpaired) electrons. The first kappa shape index (κ1) is 18.1. The molecule has 0 aliphatic carbocycles. The molecule has 0 saturated heterocycles. The summed E-state index contributed by atoms with van der Waals surface area (Å²) in [4.78, 5) is 10.6. The molecule has 2 rings (SSSR count). The van der Waals surface area contributed by atoms with Gasteiger partial charge >= 0.3 is 5.97 Å². The molecule has 0 amide bonds. The Bertz CT molecular complexity index is 689. The molecule has 0 unspecified atom stereocenters. The molecular weight excluding hydrogens is 328 g/mol. The Morgan fingerprint density at radius 2 is 1.67 bits per heavy atom. The summed E-state index contributed by atoms with van der Waals surface area (Å²) < 4.78 is 11.4. The smallest absolute Gasteiger partial charge is 0.303 e. The summed E-state index contributed by atoms with van der Waals surface area (Å²) in [5.41, 5.74) is 2.91. The van der Waals surface area contributed by atoms with E-state index in [0.29, 0.717) is 25.4 Å². The van der Waals surface area contributed by atoms with E-state index in [1.807, 2.05) is 50.2 Å². The van der Waals surface area contributed by atoms with Gasteiger partial charge in [0.25, 0.3) is 0 Å². The SMILES string of the molecule is Cc1cc(OCCOc2cccc(CCC(=O)O)c2)cc(C)c1Cl. The minimum Gasteiger partial charge on any atom is -0.490 e. The first-order valence-corrected chi connectivity index (χ1v) is 8.16. The fraction of sp³-hybridized carbons (Fsp3) is 0.316. The molecule has 128 valence electrons. The second kappa shape index (κ2) is 8.60. The van der Waals surface area contributed by atoms with Gasteiger partial charge in [0.1, 0.15) is 24.7 Å². The van der Waals surface area contributed by atoms with Gasteiger partial charge in [-0.3, -0.25) is 4.79 Å². The number of aryl methyl sites for hydroxylation is 3. The Morgan fingerprint density at radius 1 is 1.04 bits per heavy atom. The predicted octanol–water partition coefficient (Wildman–Crippen LogP) is 4.43. The van der Waals surface area contributed by atoms with E-state index in [9.17, 15) is 4.79 Å². The highest BCUT2D eigenvalue weighted by atomic mass is 35.5. The number of hydrogen-bond donors (Lipinski definition) is 1. The van der Waals surface area contributed by atoms with E-state index < -0.39 is 5.97 Å². The molecule has 0 bridgehead atoms. The summed E-state index contributed by atoms with van der Waals surface area (Å²) in [6.07, 6.45) is 0.605.